The van der Waals surface area contributed by atoms with Crippen LogP contribution >= 0.6 is 0 Å². The van der Waals surface area contributed by atoms with E-state index in [2.05, 4.69) is 24.6 Å². The van der Waals surface area contributed by atoms with Crippen LogP contribution in [0.5, 0.6) is 0 Å². The largest absolute Gasteiger partial charge is 0.306 e. The minimum absolute atomic E-state index is 0.972. The van der Waals surface area contributed by atoms with Crippen LogP contribution in [0.3, 0.4) is 0 Å². The highest BCUT2D eigenvalue weighted by Crippen LogP contribution is 1.69. The molecule has 0 aliphatic carbocycles. The quantitative estimate of drug-likeness (QED) is 0.491. The van der Waals surface area contributed by atoms with E-state index < -0.39 is 0 Å². The van der Waals surface area contributed by atoms with E-state index in [0.29, 0.717) is 0 Å². The number of rotatable bonds is 2. The first-order chi connectivity index (χ1) is 3.77. The SMILES string of the molecule is C=C.C=CCN(C)C. The molecule has 48 valence electrons. The van der Waals surface area contributed by atoms with E-state index in [9.17, 15) is 0 Å². The Bertz CT molecular complexity index is 48.3. The fraction of sp³-hybridized carbons (Fsp3) is 0.429. The molecular weight excluding hydrogens is 98.1 g/mol. The van der Waals surface area contributed by atoms with Crippen LogP contribution in [0.4, 0.5) is 0 Å². The van der Waals surface area contributed by atoms with Gasteiger partial charge in [-0.15, -0.1) is 19.7 Å². The summed E-state index contributed by atoms with van der Waals surface area (Å²) in [5.74, 6) is 0. The van der Waals surface area contributed by atoms with E-state index in [1.807, 2.05) is 20.2 Å². The van der Waals surface area contributed by atoms with Gasteiger partial charge in [-0.2, -0.15) is 0 Å². The van der Waals surface area contributed by atoms with Crippen molar-refractivity contribution in [1.29, 1.82) is 0 Å². The van der Waals surface area contributed by atoms with Gasteiger partial charge in [-0.05, 0) is 14.1 Å². The fourth-order valence-corrected chi connectivity index (χ4v) is 0.258. The molecule has 0 radical (unpaired) electrons. The molecule has 0 bridgehead atoms. The Morgan fingerprint density at radius 2 is 1.75 bits per heavy atom. The van der Waals surface area contributed by atoms with Gasteiger partial charge in [0.1, 0.15) is 0 Å². The molecule has 8 heavy (non-hydrogen) atoms. The number of hydrogen-bond donors (Lipinski definition) is 0. The van der Waals surface area contributed by atoms with Crippen molar-refractivity contribution in [3.05, 3.63) is 25.8 Å². The molecule has 0 spiro atoms. The minimum Gasteiger partial charge on any atom is -0.306 e. The van der Waals surface area contributed by atoms with Crippen LogP contribution in [0.25, 0.3) is 0 Å². The molecule has 0 aliphatic heterocycles. The molecule has 0 fully saturated rings. The van der Waals surface area contributed by atoms with Crippen LogP contribution in [-0.4, -0.2) is 25.5 Å². The average molecular weight is 113 g/mol. The summed E-state index contributed by atoms with van der Waals surface area (Å²) in [6, 6.07) is 0. The molecule has 0 aliphatic rings. The summed E-state index contributed by atoms with van der Waals surface area (Å²) >= 11 is 0. The first-order valence-corrected chi connectivity index (χ1v) is 2.53. The second kappa shape index (κ2) is 9.67. The lowest BCUT2D eigenvalue weighted by molar-refractivity contribution is 0.457. The molecule has 0 aromatic rings. The molecule has 1 nitrogen and oxygen atoms in total. The molecule has 0 atom stereocenters. The van der Waals surface area contributed by atoms with Gasteiger partial charge in [0.2, 0.25) is 0 Å². The van der Waals surface area contributed by atoms with E-state index in [1.165, 1.54) is 0 Å². The van der Waals surface area contributed by atoms with E-state index in [0.717, 1.165) is 6.54 Å². The third kappa shape index (κ3) is 18.0. The van der Waals surface area contributed by atoms with E-state index in [-0.39, 0.29) is 0 Å². The van der Waals surface area contributed by atoms with E-state index in [4.69, 9.17) is 0 Å². The van der Waals surface area contributed by atoms with Crippen molar-refractivity contribution in [3.63, 3.8) is 0 Å². The summed E-state index contributed by atoms with van der Waals surface area (Å²) in [7, 11) is 4.03. The maximum Gasteiger partial charge on any atom is 0.0154 e. The number of nitrogens with zero attached hydrogens (tertiary/aromatic N) is 1. The lowest BCUT2D eigenvalue weighted by Gasteiger charge is -2.01. The van der Waals surface area contributed by atoms with Crippen LogP contribution in [0.1, 0.15) is 0 Å². The van der Waals surface area contributed by atoms with Gasteiger partial charge in [0.15, 0.2) is 0 Å². The summed E-state index contributed by atoms with van der Waals surface area (Å²) in [5.41, 5.74) is 0. The maximum atomic E-state index is 3.56. The van der Waals surface area contributed by atoms with Gasteiger partial charge in [-0.3, -0.25) is 0 Å². The zero-order chi connectivity index (χ0) is 6.99. The molecule has 0 saturated heterocycles. The van der Waals surface area contributed by atoms with Gasteiger partial charge in [-0.1, -0.05) is 6.08 Å². The van der Waals surface area contributed by atoms with Crippen molar-refractivity contribution < 1.29 is 0 Å². The summed E-state index contributed by atoms with van der Waals surface area (Å²) in [4.78, 5) is 2.06. The normalized spacial score (nSPS) is 7.38. The second-order valence-electron chi connectivity index (χ2n) is 1.55. The molecule has 0 amide bonds. The monoisotopic (exact) mass is 113 g/mol. The van der Waals surface area contributed by atoms with E-state index >= 15 is 0 Å². The Kier molecular flexibility index (Phi) is 12.6. The molecule has 0 N–H and O–H groups in total. The topological polar surface area (TPSA) is 3.24 Å². The second-order valence-corrected chi connectivity index (χ2v) is 1.55. The van der Waals surface area contributed by atoms with E-state index in [1.54, 1.807) is 0 Å². The predicted octanol–water partition coefficient (Wildman–Crippen LogP) is 1.54. The molecule has 1 heteroatoms. The first kappa shape index (κ1) is 10.4. The highest BCUT2D eigenvalue weighted by atomic mass is 15.0. The molecule has 0 saturated carbocycles. The van der Waals surface area contributed by atoms with Crippen LogP contribution in [0.15, 0.2) is 25.8 Å². The molecular formula is C7H15N. The Hall–Kier alpha value is -0.560. The molecule has 0 aromatic heterocycles. The average Bonchev–Trinajstić information content (AvgIpc) is 1.72. The molecule has 0 heterocycles. The van der Waals surface area contributed by atoms with Crippen molar-refractivity contribution in [3.8, 4) is 0 Å². The number of hydrogen-bond acceptors (Lipinski definition) is 1. The lowest BCUT2D eigenvalue weighted by Crippen LogP contribution is -2.09. The fourth-order valence-electron chi connectivity index (χ4n) is 0.258. The zero-order valence-corrected chi connectivity index (χ0v) is 5.85. The van der Waals surface area contributed by atoms with Crippen molar-refractivity contribution in [1.82, 2.24) is 4.90 Å². The highest BCUT2D eigenvalue weighted by Gasteiger charge is 1.75. The third-order valence-corrected chi connectivity index (χ3v) is 0.494. The van der Waals surface area contributed by atoms with Gasteiger partial charge < -0.3 is 4.90 Å². The van der Waals surface area contributed by atoms with Crippen molar-refractivity contribution >= 4 is 0 Å². The van der Waals surface area contributed by atoms with Gasteiger partial charge in [0.05, 0.1) is 0 Å². The molecule has 0 rings (SSSR count). The minimum atomic E-state index is 0.972. The summed E-state index contributed by atoms with van der Waals surface area (Å²) in [6.07, 6.45) is 1.88. The number of likely N-dealkylation sites (N-methyl/N-ethyl adjacent to an activating group) is 1. The standard InChI is InChI=1S/C5H11N.C2H4/c1-4-5-6(2)3;1-2/h4H,1,5H2,2-3H3;1-2H2. The van der Waals surface area contributed by atoms with Crippen molar-refractivity contribution in [2.45, 2.75) is 0 Å². The Labute approximate surface area is 52.3 Å². The Morgan fingerprint density at radius 3 is 1.75 bits per heavy atom. The Balaban J connectivity index is 0. The summed E-state index contributed by atoms with van der Waals surface area (Å²) in [6.45, 7) is 10.5. The van der Waals surface area contributed by atoms with Crippen LogP contribution in [0.2, 0.25) is 0 Å². The first-order valence-electron chi connectivity index (χ1n) is 2.53. The summed E-state index contributed by atoms with van der Waals surface area (Å²) < 4.78 is 0. The van der Waals surface area contributed by atoms with Gasteiger partial charge in [0.25, 0.3) is 0 Å². The van der Waals surface area contributed by atoms with Gasteiger partial charge in [-0.25, -0.2) is 0 Å². The van der Waals surface area contributed by atoms with Crippen molar-refractivity contribution in [2.75, 3.05) is 20.6 Å². The van der Waals surface area contributed by atoms with Crippen LogP contribution < -0.4 is 0 Å². The maximum absolute atomic E-state index is 3.56. The molecule has 0 aromatic carbocycles. The predicted molar refractivity (Wildman–Crippen MR) is 40.0 cm³/mol. The lowest BCUT2D eigenvalue weighted by atomic mass is 10.6. The highest BCUT2D eigenvalue weighted by molar-refractivity contribution is 4.68. The zero-order valence-electron chi connectivity index (χ0n) is 5.85. The van der Waals surface area contributed by atoms with Gasteiger partial charge >= 0.3 is 0 Å². The van der Waals surface area contributed by atoms with Crippen LogP contribution in [-0.2, 0) is 0 Å². The summed E-state index contributed by atoms with van der Waals surface area (Å²) in [5, 5.41) is 0. The Morgan fingerprint density at radius 1 is 1.38 bits per heavy atom. The smallest absolute Gasteiger partial charge is 0.0154 e. The van der Waals surface area contributed by atoms with Gasteiger partial charge in [0, 0.05) is 6.54 Å². The van der Waals surface area contributed by atoms with Crippen LogP contribution in [0, 0.1) is 0 Å². The third-order valence-electron chi connectivity index (χ3n) is 0.494. The van der Waals surface area contributed by atoms with Crippen molar-refractivity contribution in [2.24, 2.45) is 0 Å². The molecule has 0 unspecified atom stereocenters.